The fourth-order valence-electron chi connectivity index (χ4n) is 5.98. The van der Waals surface area contributed by atoms with Gasteiger partial charge in [0.2, 0.25) is 5.78 Å². The molecule has 2 heterocycles. The molecule has 2 saturated heterocycles. The van der Waals surface area contributed by atoms with Crippen LogP contribution >= 0.6 is 31.4 Å². The summed E-state index contributed by atoms with van der Waals surface area (Å²) in [5.41, 5.74) is -0.515. The predicted molar refractivity (Wildman–Crippen MR) is 189 cm³/mol. The van der Waals surface area contributed by atoms with Crippen molar-refractivity contribution in [3.8, 4) is 23.7 Å². The van der Waals surface area contributed by atoms with Crippen molar-refractivity contribution in [1.29, 1.82) is 0 Å². The Hall–Kier alpha value is -2.07. The van der Waals surface area contributed by atoms with Crippen LogP contribution in [0.4, 0.5) is 4.79 Å². The van der Waals surface area contributed by atoms with E-state index in [1.807, 2.05) is 20.1 Å². The Morgan fingerprint density at radius 3 is 2.62 bits per heavy atom. The quantitative estimate of drug-likeness (QED) is 0.0692. The SMILES string of the molecule is COC(=O)NC1=C2/C(=C\CSSSC)[C@](O)(C#C/C=C/C#C[C@@H]2O[C@@H]2O[C@H](C)[C@@H](NO)C[C@H]2O[C@H]2C[C@H](OC)[C@@H](NC(C)C)CO2)[C@H](O)C1=O. The van der Waals surface area contributed by atoms with Crippen molar-refractivity contribution in [2.45, 2.75) is 100 Å². The maximum atomic E-state index is 13.7. The summed E-state index contributed by atoms with van der Waals surface area (Å²) in [5.74, 6) is 10.4. The number of methoxy groups -OCH3 is 2. The average Bonchev–Trinajstić information content (AvgIpc) is 3.09. The molecule has 4 aliphatic rings. The summed E-state index contributed by atoms with van der Waals surface area (Å²) in [4.78, 5) is 26.3. The number of allylic oxidation sites excluding steroid dienone is 2. The van der Waals surface area contributed by atoms with Gasteiger partial charge in [-0.05, 0) is 41.6 Å². The molecule has 2 aliphatic carbocycles. The summed E-state index contributed by atoms with van der Waals surface area (Å²) in [5, 5.41) is 38.9. The number of hydrogen-bond donors (Lipinski definition) is 6. The summed E-state index contributed by atoms with van der Waals surface area (Å²) in [6.07, 6.45) is -0.993. The van der Waals surface area contributed by atoms with Crippen LogP contribution < -0.4 is 16.1 Å². The monoisotopic (exact) mass is 755 g/mol. The molecule has 0 aromatic heterocycles. The molecule has 0 aromatic rings. The molecule has 276 valence electrons. The molecule has 4 rings (SSSR count). The van der Waals surface area contributed by atoms with Crippen LogP contribution in [0.3, 0.4) is 0 Å². The lowest BCUT2D eigenvalue weighted by Crippen LogP contribution is -2.58. The molecular weight excluding hydrogens is 711 g/mol. The highest BCUT2D eigenvalue weighted by atomic mass is 33.5. The summed E-state index contributed by atoms with van der Waals surface area (Å²) in [7, 11) is 7.20. The zero-order valence-electron chi connectivity index (χ0n) is 28.7. The number of hydroxylamine groups is 1. The van der Waals surface area contributed by atoms with Gasteiger partial charge < -0.3 is 49.2 Å². The van der Waals surface area contributed by atoms with E-state index in [1.54, 1.807) is 20.1 Å². The van der Waals surface area contributed by atoms with Gasteiger partial charge in [0.15, 0.2) is 24.3 Å². The number of ether oxygens (including phenoxy) is 6. The average molecular weight is 756 g/mol. The van der Waals surface area contributed by atoms with E-state index in [0.717, 1.165) is 7.11 Å². The van der Waals surface area contributed by atoms with Crippen molar-refractivity contribution in [3.05, 3.63) is 35.1 Å². The fourth-order valence-corrected chi connectivity index (χ4v) is 8.39. The fraction of sp³-hybridized carbons (Fsp3) is 0.636. The molecular formula is C33H45N3O11S3. The summed E-state index contributed by atoms with van der Waals surface area (Å²) < 4.78 is 35.9. The van der Waals surface area contributed by atoms with Gasteiger partial charge in [-0.2, -0.15) is 5.48 Å². The third-order valence-electron chi connectivity index (χ3n) is 8.39. The molecule has 50 heavy (non-hydrogen) atoms. The Bertz CT molecular complexity index is 1440. The van der Waals surface area contributed by atoms with Crippen molar-refractivity contribution in [2.24, 2.45) is 0 Å². The third kappa shape index (κ3) is 9.87. The highest BCUT2D eigenvalue weighted by molar-refractivity contribution is 9.09. The van der Waals surface area contributed by atoms with Crippen LogP contribution in [0.1, 0.15) is 33.6 Å². The van der Waals surface area contributed by atoms with Crippen molar-refractivity contribution in [2.75, 3.05) is 32.8 Å². The first-order chi connectivity index (χ1) is 24.0. The molecule has 14 nitrogen and oxygen atoms in total. The number of carbonyl (C=O) groups excluding carboxylic acids is 2. The molecule has 2 aliphatic heterocycles. The normalized spacial score (nSPS) is 35.5. The van der Waals surface area contributed by atoms with Gasteiger partial charge in [-0.3, -0.25) is 10.1 Å². The number of fused-ring (bicyclic) bond motifs is 2. The minimum Gasteiger partial charge on any atom is -0.453 e. The van der Waals surface area contributed by atoms with E-state index in [4.69, 9.17) is 28.4 Å². The van der Waals surface area contributed by atoms with E-state index in [1.165, 1.54) is 43.6 Å². The van der Waals surface area contributed by atoms with E-state index in [2.05, 4.69) is 39.8 Å². The first-order valence-electron chi connectivity index (χ1n) is 16.0. The molecule has 0 aromatic carbocycles. The molecule has 1 amide bonds. The standard InChI is InChI=1S/C33H45N3O11S3/c1-18(2)34-22-17-44-26(16-24(22)42-4)46-25-15-21(36-41)19(3)45-31(25)47-23-11-9-7-8-10-13-33(40)20(12-14-49-50-48-6)27(23)28(29(37)30(33)38)35-32(39)43-5/h7-8,12,18-19,21-26,30-31,34,36,38,40-41H,14-17H2,1-6H3,(H,35,39)/b8-7+,20-12+/t19-,21+,22+,23+,24+,25-,26+,30-,31+,33-/m1/s1. The number of aliphatic hydroxyl groups excluding tert-OH is 1. The number of alkyl carbamates (subject to hydrolysis) is 1. The second-order valence-electron chi connectivity index (χ2n) is 12.0. The number of hydrogen-bond acceptors (Lipinski definition) is 16. The zero-order chi connectivity index (χ0) is 36.4. The van der Waals surface area contributed by atoms with E-state index >= 15 is 0 Å². The van der Waals surface area contributed by atoms with Gasteiger partial charge in [0, 0.05) is 36.5 Å². The lowest BCUT2D eigenvalue weighted by atomic mass is 9.73. The highest BCUT2D eigenvalue weighted by Crippen LogP contribution is 2.41. The van der Waals surface area contributed by atoms with E-state index in [0.29, 0.717) is 18.8 Å². The van der Waals surface area contributed by atoms with Gasteiger partial charge in [0.05, 0.1) is 43.7 Å². The number of carbonyl (C=O) groups is 2. The molecule has 10 atom stereocenters. The van der Waals surface area contributed by atoms with Crippen LogP contribution in [-0.4, -0.2) is 127 Å². The minimum atomic E-state index is -2.39. The summed E-state index contributed by atoms with van der Waals surface area (Å²) in [6.45, 7) is 6.14. The molecule has 2 fully saturated rings. The smallest absolute Gasteiger partial charge is 0.411 e. The minimum absolute atomic E-state index is 0.0192. The van der Waals surface area contributed by atoms with Crippen LogP contribution in [-0.2, 0) is 33.2 Å². The molecule has 2 bridgehead atoms. The van der Waals surface area contributed by atoms with Crippen molar-refractivity contribution in [1.82, 2.24) is 16.1 Å². The summed E-state index contributed by atoms with van der Waals surface area (Å²) >= 11 is 0. The predicted octanol–water partition coefficient (Wildman–Crippen LogP) is 1.81. The summed E-state index contributed by atoms with van der Waals surface area (Å²) in [6, 6.07) is -0.390. The van der Waals surface area contributed by atoms with Crippen LogP contribution in [0.25, 0.3) is 0 Å². The van der Waals surface area contributed by atoms with Crippen LogP contribution in [0.2, 0.25) is 0 Å². The third-order valence-corrected chi connectivity index (χ3v) is 12.1. The Morgan fingerprint density at radius 1 is 1.18 bits per heavy atom. The zero-order valence-corrected chi connectivity index (χ0v) is 31.1. The van der Waals surface area contributed by atoms with E-state index < -0.39 is 60.5 Å². The molecule has 0 radical (unpaired) electrons. The number of Topliss-reactive ketones (excluding diaryl/α,β-unsaturated/α-hetero) is 1. The topological polar surface area (TPSA) is 186 Å². The second kappa shape index (κ2) is 19.1. The van der Waals surface area contributed by atoms with Gasteiger partial charge in [0.25, 0.3) is 0 Å². The molecule has 0 spiro atoms. The highest BCUT2D eigenvalue weighted by Gasteiger charge is 2.53. The maximum absolute atomic E-state index is 13.7. The van der Waals surface area contributed by atoms with Crippen LogP contribution in [0, 0.1) is 23.7 Å². The van der Waals surface area contributed by atoms with Gasteiger partial charge >= 0.3 is 6.09 Å². The number of amides is 1. The molecule has 17 heteroatoms. The van der Waals surface area contributed by atoms with Gasteiger partial charge in [-0.15, -0.1) is 0 Å². The van der Waals surface area contributed by atoms with Gasteiger partial charge in [-0.1, -0.05) is 65.2 Å². The lowest BCUT2D eigenvalue weighted by Gasteiger charge is -2.44. The van der Waals surface area contributed by atoms with E-state index in [9.17, 15) is 25.0 Å². The largest absolute Gasteiger partial charge is 0.453 e. The Morgan fingerprint density at radius 2 is 1.94 bits per heavy atom. The Kier molecular flexibility index (Phi) is 15.6. The van der Waals surface area contributed by atoms with Gasteiger partial charge in [0.1, 0.15) is 12.2 Å². The lowest BCUT2D eigenvalue weighted by molar-refractivity contribution is -0.306. The molecule has 6 N–H and O–H groups in total. The van der Waals surface area contributed by atoms with Crippen molar-refractivity contribution < 1.29 is 53.4 Å². The first kappa shape index (κ1) is 40.7. The Balaban J connectivity index is 1.77. The van der Waals surface area contributed by atoms with Crippen LogP contribution in [0.15, 0.2) is 35.1 Å². The first-order valence-corrected chi connectivity index (χ1v) is 20.1. The second-order valence-corrected chi connectivity index (χ2v) is 16.4. The van der Waals surface area contributed by atoms with Crippen molar-refractivity contribution >= 4 is 43.3 Å². The number of nitrogens with one attached hydrogen (secondary N) is 3. The molecule has 0 unspecified atom stereocenters. The Labute approximate surface area is 303 Å². The van der Waals surface area contributed by atoms with Gasteiger partial charge in [-0.25, -0.2) is 4.79 Å². The number of ketones is 1. The maximum Gasteiger partial charge on any atom is 0.411 e. The van der Waals surface area contributed by atoms with Crippen LogP contribution in [0.5, 0.6) is 0 Å². The molecule has 0 saturated carbocycles. The van der Waals surface area contributed by atoms with E-state index in [-0.39, 0.29) is 41.5 Å². The van der Waals surface area contributed by atoms with Crippen molar-refractivity contribution in [3.63, 3.8) is 0 Å². The number of rotatable bonds is 13. The number of aliphatic hydroxyl groups is 2.